The van der Waals surface area contributed by atoms with Crippen LogP contribution in [-0.2, 0) is 14.3 Å². The second kappa shape index (κ2) is 8.62. The molecule has 4 rings (SSSR count). The molecule has 7 heteroatoms. The van der Waals surface area contributed by atoms with E-state index in [4.69, 9.17) is 25.8 Å². The highest BCUT2D eigenvalue weighted by atomic mass is 35.5. The Labute approximate surface area is 183 Å². The van der Waals surface area contributed by atoms with Gasteiger partial charge in [0.2, 0.25) is 5.90 Å². The van der Waals surface area contributed by atoms with Gasteiger partial charge in [-0.3, -0.25) is 4.79 Å². The van der Waals surface area contributed by atoms with E-state index in [2.05, 4.69) is 4.99 Å². The Balaban J connectivity index is 1.74. The van der Waals surface area contributed by atoms with Crippen molar-refractivity contribution >= 4 is 46.3 Å². The Morgan fingerprint density at radius 2 is 1.94 bits per heavy atom. The number of aliphatic imine (C=N–C) groups is 1. The van der Waals surface area contributed by atoms with Crippen molar-refractivity contribution in [3.8, 4) is 11.5 Å². The minimum absolute atomic E-state index is 0.127. The van der Waals surface area contributed by atoms with Crippen LogP contribution in [0.15, 0.2) is 65.3 Å². The number of ether oxygens (including phenoxy) is 3. The maximum Gasteiger partial charge on any atom is 0.363 e. The molecule has 156 valence electrons. The number of hydrogen-bond acceptors (Lipinski definition) is 6. The Hall–Kier alpha value is -3.64. The van der Waals surface area contributed by atoms with Crippen molar-refractivity contribution in [1.82, 2.24) is 0 Å². The molecule has 0 saturated carbocycles. The van der Waals surface area contributed by atoms with E-state index in [1.165, 1.54) is 6.92 Å². The number of nitrogens with zero attached hydrogens (tertiary/aromatic N) is 1. The third-order valence-electron chi connectivity index (χ3n) is 4.52. The van der Waals surface area contributed by atoms with Crippen LogP contribution in [0.2, 0.25) is 5.02 Å². The molecule has 0 unspecified atom stereocenters. The van der Waals surface area contributed by atoms with Crippen LogP contribution in [0.4, 0.5) is 0 Å². The molecule has 0 amide bonds. The second-order valence-corrected chi connectivity index (χ2v) is 7.13. The standard InChI is InChI=1S/C24H18ClNO5/c1-3-29-21-13-15(11-19(25)22(21)30-14(2)27)12-20-24(28)31-23(26-20)18-10-6-8-16-7-4-5-9-17(16)18/h4-13H,3H2,1-2H3. The Kier molecular flexibility index (Phi) is 5.73. The SMILES string of the molecule is CCOc1cc(C=C2N=C(c3cccc4ccccc34)OC2=O)cc(Cl)c1OC(C)=O. The summed E-state index contributed by atoms with van der Waals surface area (Å²) in [5, 5.41) is 2.13. The highest BCUT2D eigenvalue weighted by Crippen LogP contribution is 2.38. The maximum absolute atomic E-state index is 12.5. The molecule has 31 heavy (non-hydrogen) atoms. The molecule has 0 atom stereocenters. The molecule has 0 bridgehead atoms. The molecule has 0 aliphatic carbocycles. The van der Waals surface area contributed by atoms with Crippen molar-refractivity contribution in [1.29, 1.82) is 0 Å². The van der Waals surface area contributed by atoms with Crippen LogP contribution in [0, 0.1) is 0 Å². The van der Waals surface area contributed by atoms with Gasteiger partial charge in [-0.15, -0.1) is 0 Å². The first kappa shape index (κ1) is 20.6. The summed E-state index contributed by atoms with van der Waals surface area (Å²) in [6.07, 6.45) is 1.55. The number of carbonyl (C=O) groups excluding carboxylic acids is 2. The monoisotopic (exact) mass is 435 g/mol. The average molecular weight is 436 g/mol. The number of cyclic esters (lactones) is 1. The number of rotatable bonds is 5. The highest BCUT2D eigenvalue weighted by Gasteiger charge is 2.25. The molecule has 1 heterocycles. The topological polar surface area (TPSA) is 74.2 Å². The zero-order valence-electron chi connectivity index (χ0n) is 16.8. The van der Waals surface area contributed by atoms with Crippen LogP contribution in [-0.4, -0.2) is 24.4 Å². The molecule has 0 radical (unpaired) electrons. The van der Waals surface area contributed by atoms with Gasteiger partial charge in [-0.2, -0.15) is 0 Å². The molecule has 0 aromatic heterocycles. The lowest BCUT2D eigenvalue weighted by Crippen LogP contribution is -2.06. The lowest BCUT2D eigenvalue weighted by molar-refractivity contribution is -0.132. The fourth-order valence-electron chi connectivity index (χ4n) is 3.27. The van der Waals surface area contributed by atoms with Crippen molar-refractivity contribution in [3.63, 3.8) is 0 Å². The molecular formula is C24H18ClNO5. The quantitative estimate of drug-likeness (QED) is 0.314. The number of halogens is 1. The summed E-state index contributed by atoms with van der Waals surface area (Å²) in [7, 11) is 0. The van der Waals surface area contributed by atoms with Crippen molar-refractivity contribution in [3.05, 3.63) is 76.4 Å². The first-order valence-corrected chi connectivity index (χ1v) is 9.99. The molecule has 6 nitrogen and oxygen atoms in total. The van der Waals surface area contributed by atoms with Gasteiger partial charge in [-0.25, -0.2) is 9.79 Å². The summed E-state index contributed by atoms with van der Waals surface area (Å²) in [5.41, 5.74) is 1.41. The number of esters is 2. The van der Waals surface area contributed by atoms with Crippen LogP contribution in [0.3, 0.4) is 0 Å². The minimum Gasteiger partial charge on any atom is -0.490 e. The van der Waals surface area contributed by atoms with Crippen molar-refractivity contribution in [2.24, 2.45) is 4.99 Å². The third-order valence-corrected chi connectivity index (χ3v) is 4.80. The van der Waals surface area contributed by atoms with Gasteiger partial charge in [0.25, 0.3) is 0 Å². The van der Waals surface area contributed by atoms with Crippen LogP contribution in [0.25, 0.3) is 16.8 Å². The van der Waals surface area contributed by atoms with Crippen molar-refractivity contribution < 1.29 is 23.8 Å². The molecule has 0 saturated heterocycles. The van der Waals surface area contributed by atoms with Crippen LogP contribution in [0.1, 0.15) is 25.0 Å². The Morgan fingerprint density at radius 1 is 1.16 bits per heavy atom. The summed E-state index contributed by atoms with van der Waals surface area (Å²) in [6, 6.07) is 16.7. The summed E-state index contributed by atoms with van der Waals surface area (Å²) in [6.45, 7) is 3.42. The number of hydrogen-bond donors (Lipinski definition) is 0. The van der Waals surface area contributed by atoms with Gasteiger partial charge in [-0.05, 0) is 47.5 Å². The molecule has 3 aromatic carbocycles. The molecule has 0 N–H and O–H groups in total. The lowest BCUT2D eigenvalue weighted by Gasteiger charge is -2.12. The van der Waals surface area contributed by atoms with Gasteiger partial charge in [0.15, 0.2) is 17.2 Å². The number of fused-ring (bicyclic) bond motifs is 1. The molecule has 0 fully saturated rings. The second-order valence-electron chi connectivity index (χ2n) is 6.72. The predicted octanol–water partition coefficient (Wildman–Crippen LogP) is 5.16. The highest BCUT2D eigenvalue weighted by molar-refractivity contribution is 6.32. The lowest BCUT2D eigenvalue weighted by atomic mass is 10.0. The van der Waals surface area contributed by atoms with E-state index in [9.17, 15) is 9.59 Å². The van der Waals surface area contributed by atoms with Crippen molar-refractivity contribution in [2.75, 3.05) is 6.61 Å². The number of benzene rings is 3. The predicted molar refractivity (Wildman–Crippen MR) is 118 cm³/mol. The smallest absolute Gasteiger partial charge is 0.363 e. The molecule has 1 aliphatic heterocycles. The van der Waals surface area contributed by atoms with Crippen molar-refractivity contribution in [2.45, 2.75) is 13.8 Å². The zero-order valence-corrected chi connectivity index (χ0v) is 17.6. The van der Waals surface area contributed by atoms with E-state index in [1.807, 2.05) is 42.5 Å². The molecule has 1 aliphatic rings. The fraction of sp³-hybridized carbons (Fsp3) is 0.125. The van der Waals surface area contributed by atoms with Gasteiger partial charge < -0.3 is 14.2 Å². The van der Waals surface area contributed by atoms with Gasteiger partial charge in [0.05, 0.1) is 11.6 Å². The van der Waals surface area contributed by atoms with Crippen LogP contribution < -0.4 is 9.47 Å². The fourth-order valence-corrected chi connectivity index (χ4v) is 3.53. The van der Waals surface area contributed by atoms with Gasteiger partial charge in [0, 0.05) is 12.5 Å². The minimum atomic E-state index is -0.568. The molecular weight excluding hydrogens is 418 g/mol. The van der Waals surface area contributed by atoms with E-state index < -0.39 is 11.9 Å². The first-order chi connectivity index (χ1) is 15.0. The largest absolute Gasteiger partial charge is 0.490 e. The third kappa shape index (κ3) is 4.29. The first-order valence-electron chi connectivity index (χ1n) is 9.61. The van der Waals surface area contributed by atoms with Gasteiger partial charge in [-0.1, -0.05) is 48.0 Å². The van der Waals surface area contributed by atoms with Crippen LogP contribution >= 0.6 is 11.6 Å². The Morgan fingerprint density at radius 3 is 2.71 bits per heavy atom. The molecule has 3 aromatic rings. The summed E-state index contributed by atoms with van der Waals surface area (Å²) in [4.78, 5) is 28.2. The van der Waals surface area contributed by atoms with E-state index in [1.54, 1.807) is 25.1 Å². The Bertz CT molecular complexity index is 1260. The van der Waals surface area contributed by atoms with E-state index >= 15 is 0 Å². The average Bonchev–Trinajstić information content (AvgIpc) is 3.10. The van der Waals surface area contributed by atoms with Gasteiger partial charge in [0.1, 0.15) is 0 Å². The molecule has 0 spiro atoms. The van der Waals surface area contributed by atoms with E-state index in [0.29, 0.717) is 17.9 Å². The number of carbonyl (C=O) groups is 2. The maximum atomic E-state index is 12.5. The zero-order chi connectivity index (χ0) is 22.0. The summed E-state index contributed by atoms with van der Waals surface area (Å²) < 4.78 is 16.1. The van der Waals surface area contributed by atoms with Gasteiger partial charge >= 0.3 is 11.9 Å². The van der Waals surface area contributed by atoms with Crippen LogP contribution in [0.5, 0.6) is 11.5 Å². The normalized spacial score (nSPS) is 14.5. The summed E-state index contributed by atoms with van der Waals surface area (Å²) >= 11 is 6.29. The summed E-state index contributed by atoms with van der Waals surface area (Å²) in [5.74, 6) is -0.423. The van der Waals surface area contributed by atoms with E-state index in [-0.39, 0.29) is 22.4 Å². The van der Waals surface area contributed by atoms with E-state index in [0.717, 1.165) is 16.3 Å².